The van der Waals surface area contributed by atoms with Crippen LogP contribution in [0.1, 0.15) is 12.8 Å². The van der Waals surface area contributed by atoms with Crippen LogP contribution in [0.4, 0.5) is 11.5 Å². The number of phenols is 1. The number of aromatic hydroxyl groups is 1. The van der Waals surface area contributed by atoms with Gasteiger partial charge in [0.25, 0.3) is 0 Å². The summed E-state index contributed by atoms with van der Waals surface area (Å²) in [4.78, 5) is 2.20. The second kappa shape index (κ2) is 6.19. The van der Waals surface area contributed by atoms with Crippen LogP contribution in [0.3, 0.4) is 0 Å². The Kier molecular flexibility index (Phi) is 4.11. The first-order valence-electron chi connectivity index (χ1n) is 7.38. The van der Waals surface area contributed by atoms with Crippen LogP contribution in [0.15, 0.2) is 30.3 Å². The first-order chi connectivity index (χ1) is 10.7. The Labute approximate surface area is 129 Å². The molecule has 2 aromatic rings. The van der Waals surface area contributed by atoms with Crippen LogP contribution in [0, 0.1) is 0 Å². The smallest absolute Gasteiger partial charge is 0.169 e. The number of hydrogen-bond donors (Lipinski definition) is 2. The first-order valence-corrected chi connectivity index (χ1v) is 7.38. The van der Waals surface area contributed by atoms with Crippen molar-refractivity contribution in [2.75, 3.05) is 30.8 Å². The Morgan fingerprint density at radius 1 is 1.23 bits per heavy atom. The van der Waals surface area contributed by atoms with E-state index in [-0.39, 0.29) is 5.75 Å². The highest BCUT2D eigenvalue weighted by Gasteiger charge is 2.21. The Hall–Kier alpha value is -2.34. The van der Waals surface area contributed by atoms with E-state index in [4.69, 9.17) is 10.5 Å². The highest BCUT2D eigenvalue weighted by molar-refractivity contribution is 5.74. The van der Waals surface area contributed by atoms with Gasteiger partial charge in [0.2, 0.25) is 0 Å². The van der Waals surface area contributed by atoms with Gasteiger partial charge in [-0.2, -0.15) is 0 Å². The molecule has 0 bridgehead atoms. The standard InChI is InChI=1S/C16H20N4O2/c1-22-11-6-8-20(9-7-11)14-10-13(18-19-16(14)17)12-4-2-3-5-15(12)21/h2-5,10-11,21H,6-9H2,1H3,(H2,17,19). The van der Waals surface area contributed by atoms with E-state index in [0.29, 0.717) is 23.2 Å². The lowest BCUT2D eigenvalue weighted by Gasteiger charge is -2.33. The normalized spacial score (nSPS) is 16.0. The van der Waals surface area contributed by atoms with Gasteiger partial charge in [0.05, 0.1) is 17.5 Å². The molecule has 6 nitrogen and oxygen atoms in total. The summed E-state index contributed by atoms with van der Waals surface area (Å²) in [6, 6.07) is 8.98. The number of rotatable bonds is 3. The van der Waals surface area contributed by atoms with Gasteiger partial charge in [0.1, 0.15) is 5.75 Å². The summed E-state index contributed by atoms with van der Waals surface area (Å²) < 4.78 is 5.40. The van der Waals surface area contributed by atoms with Crippen LogP contribution in [0.25, 0.3) is 11.3 Å². The Morgan fingerprint density at radius 2 is 1.95 bits per heavy atom. The van der Waals surface area contributed by atoms with Crippen LogP contribution < -0.4 is 10.6 Å². The zero-order valence-electron chi connectivity index (χ0n) is 12.6. The van der Waals surface area contributed by atoms with Gasteiger partial charge < -0.3 is 20.5 Å². The van der Waals surface area contributed by atoms with Gasteiger partial charge in [-0.15, -0.1) is 10.2 Å². The van der Waals surface area contributed by atoms with E-state index >= 15 is 0 Å². The molecule has 1 aliphatic heterocycles. The minimum Gasteiger partial charge on any atom is -0.507 e. The molecule has 0 spiro atoms. The number of hydrogen-bond acceptors (Lipinski definition) is 6. The molecule has 3 rings (SSSR count). The zero-order chi connectivity index (χ0) is 15.5. The molecule has 22 heavy (non-hydrogen) atoms. The lowest BCUT2D eigenvalue weighted by atomic mass is 10.1. The second-order valence-corrected chi connectivity index (χ2v) is 5.44. The van der Waals surface area contributed by atoms with Crippen molar-refractivity contribution in [1.82, 2.24) is 10.2 Å². The Balaban J connectivity index is 1.89. The molecule has 0 amide bonds. The predicted octanol–water partition coefficient (Wildman–Crippen LogP) is 2.05. The molecule has 0 aliphatic carbocycles. The molecule has 6 heteroatoms. The number of aromatic nitrogens is 2. The van der Waals surface area contributed by atoms with Gasteiger partial charge in [0, 0.05) is 25.8 Å². The van der Waals surface area contributed by atoms with Crippen molar-refractivity contribution in [2.24, 2.45) is 0 Å². The maximum Gasteiger partial charge on any atom is 0.169 e. The van der Waals surface area contributed by atoms with Crippen molar-refractivity contribution in [3.8, 4) is 17.0 Å². The van der Waals surface area contributed by atoms with E-state index in [0.717, 1.165) is 31.6 Å². The van der Waals surface area contributed by atoms with E-state index < -0.39 is 0 Å². The Morgan fingerprint density at radius 3 is 2.64 bits per heavy atom. The number of anilines is 2. The summed E-state index contributed by atoms with van der Waals surface area (Å²) in [6.07, 6.45) is 2.24. The Bertz CT molecular complexity index is 654. The number of nitrogens with two attached hydrogens (primary N) is 1. The van der Waals surface area contributed by atoms with Crippen LogP contribution in [0.2, 0.25) is 0 Å². The number of methoxy groups -OCH3 is 1. The minimum atomic E-state index is 0.186. The molecule has 1 fully saturated rings. The lowest BCUT2D eigenvalue weighted by molar-refractivity contribution is 0.0819. The highest BCUT2D eigenvalue weighted by atomic mass is 16.5. The molecule has 1 saturated heterocycles. The second-order valence-electron chi connectivity index (χ2n) is 5.44. The van der Waals surface area contributed by atoms with Gasteiger partial charge in [0.15, 0.2) is 5.82 Å². The van der Waals surface area contributed by atoms with Crippen molar-refractivity contribution < 1.29 is 9.84 Å². The molecular formula is C16H20N4O2. The number of nitrogen functional groups attached to an aromatic ring is 1. The van der Waals surface area contributed by atoms with Crippen molar-refractivity contribution in [2.45, 2.75) is 18.9 Å². The molecule has 116 valence electrons. The summed E-state index contributed by atoms with van der Waals surface area (Å²) in [6.45, 7) is 1.74. The molecule has 1 aromatic heterocycles. The average molecular weight is 300 g/mol. The van der Waals surface area contributed by atoms with Crippen LogP contribution in [-0.4, -0.2) is 41.6 Å². The lowest BCUT2D eigenvalue weighted by Crippen LogP contribution is -2.37. The molecular weight excluding hydrogens is 280 g/mol. The molecule has 1 aliphatic rings. The number of phenolic OH excluding ortho intramolecular Hbond substituents is 1. The van der Waals surface area contributed by atoms with Crippen LogP contribution in [0.5, 0.6) is 5.75 Å². The highest BCUT2D eigenvalue weighted by Crippen LogP contribution is 2.32. The summed E-state index contributed by atoms with van der Waals surface area (Å²) in [5.41, 5.74) is 8.14. The fourth-order valence-corrected chi connectivity index (χ4v) is 2.80. The molecule has 2 heterocycles. The fourth-order valence-electron chi connectivity index (χ4n) is 2.80. The SMILES string of the molecule is COC1CCN(c2cc(-c3ccccc3O)nnc2N)CC1. The van der Waals surface area contributed by atoms with E-state index in [1.54, 1.807) is 19.2 Å². The predicted molar refractivity (Wildman–Crippen MR) is 85.8 cm³/mol. The third-order valence-electron chi connectivity index (χ3n) is 4.10. The van der Waals surface area contributed by atoms with Crippen LogP contribution >= 0.6 is 0 Å². The van der Waals surface area contributed by atoms with Gasteiger partial charge >= 0.3 is 0 Å². The van der Waals surface area contributed by atoms with Crippen LogP contribution in [-0.2, 0) is 4.74 Å². The molecule has 0 radical (unpaired) electrons. The zero-order valence-corrected chi connectivity index (χ0v) is 12.6. The fraction of sp³-hybridized carbons (Fsp3) is 0.375. The number of ether oxygens (including phenoxy) is 1. The number of nitrogens with zero attached hydrogens (tertiary/aromatic N) is 3. The van der Waals surface area contributed by atoms with Crippen molar-refractivity contribution in [3.63, 3.8) is 0 Å². The van der Waals surface area contributed by atoms with Crippen molar-refractivity contribution in [1.29, 1.82) is 0 Å². The molecule has 0 unspecified atom stereocenters. The minimum absolute atomic E-state index is 0.186. The maximum atomic E-state index is 9.97. The van der Waals surface area contributed by atoms with E-state index in [1.165, 1.54) is 0 Å². The largest absolute Gasteiger partial charge is 0.507 e. The summed E-state index contributed by atoms with van der Waals surface area (Å²) >= 11 is 0. The van der Waals surface area contributed by atoms with Crippen molar-refractivity contribution in [3.05, 3.63) is 30.3 Å². The third-order valence-corrected chi connectivity index (χ3v) is 4.10. The monoisotopic (exact) mass is 300 g/mol. The summed E-state index contributed by atoms with van der Waals surface area (Å²) in [7, 11) is 1.75. The number of benzene rings is 1. The van der Waals surface area contributed by atoms with E-state index in [1.807, 2.05) is 18.2 Å². The van der Waals surface area contributed by atoms with Gasteiger partial charge in [-0.1, -0.05) is 12.1 Å². The third kappa shape index (κ3) is 2.82. The summed E-state index contributed by atoms with van der Waals surface area (Å²) in [5.74, 6) is 0.598. The average Bonchev–Trinajstić information content (AvgIpc) is 2.56. The van der Waals surface area contributed by atoms with Crippen molar-refractivity contribution >= 4 is 11.5 Å². The maximum absolute atomic E-state index is 9.97. The molecule has 0 saturated carbocycles. The van der Waals surface area contributed by atoms with E-state index in [2.05, 4.69) is 15.1 Å². The summed E-state index contributed by atoms with van der Waals surface area (Å²) in [5, 5.41) is 18.1. The van der Waals surface area contributed by atoms with Gasteiger partial charge in [-0.25, -0.2) is 0 Å². The van der Waals surface area contributed by atoms with Gasteiger partial charge in [-0.05, 0) is 31.0 Å². The number of para-hydroxylation sites is 1. The van der Waals surface area contributed by atoms with Gasteiger partial charge in [-0.3, -0.25) is 0 Å². The topological polar surface area (TPSA) is 84.5 Å². The number of piperidine rings is 1. The molecule has 3 N–H and O–H groups in total. The van der Waals surface area contributed by atoms with E-state index in [9.17, 15) is 5.11 Å². The quantitative estimate of drug-likeness (QED) is 0.902. The molecule has 0 atom stereocenters. The first kappa shape index (κ1) is 14.6. The molecule has 1 aromatic carbocycles.